The summed E-state index contributed by atoms with van der Waals surface area (Å²) in [5.74, 6) is 0. The first-order chi connectivity index (χ1) is 6.39. The molecule has 0 amide bonds. The molecule has 0 aliphatic rings. The fraction of sp³-hybridized carbons (Fsp3) is 0.833. The van der Waals surface area contributed by atoms with Crippen molar-refractivity contribution in [2.24, 2.45) is 0 Å². The number of nitrogens with zero attached hydrogens (tertiary/aromatic N) is 1. The van der Waals surface area contributed by atoms with E-state index in [1.807, 2.05) is 0 Å². The first kappa shape index (κ1) is 13.6. The molecule has 0 radical (unpaired) electrons. The van der Waals surface area contributed by atoms with Crippen LogP contribution < -0.4 is 0 Å². The van der Waals surface area contributed by atoms with E-state index in [9.17, 15) is 13.0 Å². The van der Waals surface area contributed by atoms with Crippen molar-refractivity contribution in [1.82, 2.24) is 0 Å². The van der Waals surface area contributed by atoms with E-state index < -0.39 is 24.3 Å². The third-order valence-electron chi connectivity index (χ3n) is 1.09. The van der Waals surface area contributed by atoms with Crippen LogP contribution in [0.5, 0.6) is 0 Å². The largest absolute Gasteiger partial charge is 0.331 e. The lowest BCUT2D eigenvalue weighted by molar-refractivity contribution is 0.276. The number of nitriles is 1. The van der Waals surface area contributed by atoms with E-state index in [0.29, 0.717) is 0 Å². The van der Waals surface area contributed by atoms with Gasteiger partial charge in [0.1, 0.15) is 0 Å². The third-order valence-corrected chi connectivity index (χ3v) is 2.99. The number of hydrogen-bond acceptors (Lipinski definition) is 6. The smallest absolute Gasteiger partial charge is 0.265 e. The maximum atomic E-state index is 11.0. The third kappa shape index (κ3) is 7.04. The summed E-state index contributed by atoms with van der Waals surface area (Å²) >= 11 is 0. The Morgan fingerprint density at radius 2 is 2.14 bits per heavy atom. The van der Waals surface area contributed by atoms with E-state index in [4.69, 9.17) is 9.79 Å². The zero-order valence-corrected chi connectivity index (χ0v) is 9.70. The molecule has 2 atom stereocenters. The van der Waals surface area contributed by atoms with Gasteiger partial charge in [-0.1, -0.05) is 0 Å². The molecular formula is C6H12NO5PS. The average Bonchev–Trinajstić information content (AvgIpc) is 2.01. The summed E-state index contributed by atoms with van der Waals surface area (Å²) in [5, 5.41) is 8.49. The van der Waals surface area contributed by atoms with Gasteiger partial charge in [0.05, 0.1) is 25.1 Å². The molecule has 0 heterocycles. The molecule has 6 nitrogen and oxygen atoms in total. The maximum absolute atomic E-state index is 11.0. The SMILES string of the molecule is CCO[PH](=O)CC(C#N)OS(C)(=O)=O. The Labute approximate surface area is 83.8 Å². The Morgan fingerprint density at radius 3 is 2.50 bits per heavy atom. The molecule has 0 saturated carbocycles. The molecule has 0 bridgehead atoms. The van der Waals surface area contributed by atoms with Crippen LogP contribution in [0.2, 0.25) is 0 Å². The fourth-order valence-electron chi connectivity index (χ4n) is 0.683. The van der Waals surface area contributed by atoms with Crippen LogP contribution in [0.1, 0.15) is 6.92 Å². The van der Waals surface area contributed by atoms with E-state index in [0.717, 1.165) is 6.26 Å². The van der Waals surface area contributed by atoms with Gasteiger partial charge in [0.25, 0.3) is 10.1 Å². The molecule has 0 N–H and O–H groups in total. The van der Waals surface area contributed by atoms with E-state index in [2.05, 4.69) is 4.18 Å². The number of rotatable bonds is 6. The zero-order chi connectivity index (χ0) is 11.2. The van der Waals surface area contributed by atoms with Crippen LogP contribution in [-0.4, -0.2) is 33.5 Å². The van der Waals surface area contributed by atoms with Crippen molar-refractivity contribution in [1.29, 1.82) is 5.26 Å². The molecule has 82 valence electrons. The lowest BCUT2D eigenvalue weighted by Gasteiger charge is -2.07. The van der Waals surface area contributed by atoms with Crippen LogP contribution in [0, 0.1) is 11.3 Å². The molecule has 0 fully saturated rings. The molecule has 0 aromatic carbocycles. The van der Waals surface area contributed by atoms with E-state index in [1.165, 1.54) is 0 Å². The van der Waals surface area contributed by atoms with E-state index >= 15 is 0 Å². The highest BCUT2D eigenvalue weighted by atomic mass is 32.2. The second-order valence-corrected chi connectivity index (χ2v) is 5.47. The summed E-state index contributed by atoms with van der Waals surface area (Å²) < 4.78 is 41.4. The Hall–Kier alpha value is -0.410. The highest BCUT2D eigenvalue weighted by Gasteiger charge is 2.17. The van der Waals surface area contributed by atoms with Gasteiger partial charge >= 0.3 is 0 Å². The summed E-state index contributed by atoms with van der Waals surface area (Å²) in [5.41, 5.74) is 0. The molecule has 0 saturated heterocycles. The van der Waals surface area contributed by atoms with Gasteiger partial charge in [-0.2, -0.15) is 13.7 Å². The lowest BCUT2D eigenvalue weighted by atomic mass is 10.5. The van der Waals surface area contributed by atoms with Gasteiger partial charge in [0.15, 0.2) is 14.1 Å². The molecule has 0 rings (SSSR count). The molecular weight excluding hydrogens is 229 g/mol. The quantitative estimate of drug-likeness (QED) is 0.492. The highest BCUT2D eigenvalue weighted by Crippen LogP contribution is 2.23. The van der Waals surface area contributed by atoms with Crippen molar-refractivity contribution in [3.63, 3.8) is 0 Å². The van der Waals surface area contributed by atoms with Crippen LogP contribution in [0.15, 0.2) is 0 Å². The van der Waals surface area contributed by atoms with Crippen LogP contribution in [0.4, 0.5) is 0 Å². The fourth-order valence-corrected chi connectivity index (χ4v) is 2.25. The molecule has 8 heteroatoms. The van der Waals surface area contributed by atoms with Gasteiger partial charge < -0.3 is 4.52 Å². The standard InChI is InChI=1S/C6H12NO5PS/c1-3-11-13(8)5-6(4-7)12-14(2,9)10/h6,13H,3,5H2,1-2H3. The Kier molecular flexibility index (Phi) is 5.96. The van der Waals surface area contributed by atoms with Gasteiger partial charge in [0, 0.05) is 0 Å². The van der Waals surface area contributed by atoms with Crippen molar-refractivity contribution in [2.45, 2.75) is 13.0 Å². The van der Waals surface area contributed by atoms with Gasteiger partial charge in [-0.15, -0.1) is 0 Å². The monoisotopic (exact) mass is 241 g/mol. The molecule has 0 aromatic rings. The molecule has 0 aliphatic carbocycles. The van der Waals surface area contributed by atoms with Crippen LogP contribution in [0.3, 0.4) is 0 Å². The predicted octanol–water partition coefficient (Wildman–Crippen LogP) is 0.366. The second-order valence-electron chi connectivity index (χ2n) is 2.43. The van der Waals surface area contributed by atoms with Crippen LogP contribution in [0.25, 0.3) is 0 Å². The average molecular weight is 241 g/mol. The van der Waals surface area contributed by atoms with Gasteiger partial charge in [-0.25, -0.2) is 0 Å². The molecule has 0 aromatic heterocycles. The molecule has 14 heavy (non-hydrogen) atoms. The summed E-state index contributed by atoms with van der Waals surface area (Å²) in [6.45, 7) is 1.91. The van der Waals surface area contributed by atoms with Crippen molar-refractivity contribution < 1.29 is 21.7 Å². The van der Waals surface area contributed by atoms with Crippen molar-refractivity contribution >= 4 is 18.1 Å². The Balaban J connectivity index is 4.19. The topological polar surface area (TPSA) is 93.5 Å². The predicted molar refractivity (Wildman–Crippen MR) is 50.8 cm³/mol. The summed E-state index contributed by atoms with van der Waals surface area (Å²) in [6.07, 6.45) is -0.611. The first-order valence-corrected chi connectivity index (χ1v) is 7.16. The van der Waals surface area contributed by atoms with E-state index in [1.54, 1.807) is 13.0 Å². The minimum atomic E-state index is -3.70. The van der Waals surface area contributed by atoms with Crippen LogP contribution in [-0.2, 0) is 23.4 Å². The first-order valence-electron chi connectivity index (χ1n) is 3.82. The second kappa shape index (κ2) is 6.14. The molecule has 0 aliphatic heterocycles. The summed E-state index contributed by atoms with van der Waals surface area (Å²) in [7, 11) is -6.08. The van der Waals surface area contributed by atoms with Crippen molar-refractivity contribution in [2.75, 3.05) is 19.0 Å². The zero-order valence-electron chi connectivity index (χ0n) is 7.89. The van der Waals surface area contributed by atoms with Crippen LogP contribution >= 0.6 is 8.03 Å². The van der Waals surface area contributed by atoms with Crippen molar-refractivity contribution in [3.05, 3.63) is 0 Å². The van der Waals surface area contributed by atoms with Gasteiger partial charge in [-0.3, -0.25) is 8.75 Å². The molecule has 0 spiro atoms. The van der Waals surface area contributed by atoms with Gasteiger partial charge in [-0.05, 0) is 6.92 Å². The minimum Gasteiger partial charge on any atom is -0.331 e. The maximum Gasteiger partial charge on any atom is 0.265 e. The number of hydrogen-bond donors (Lipinski definition) is 0. The van der Waals surface area contributed by atoms with E-state index in [-0.39, 0.29) is 12.8 Å². The summed E-state index contributed by atoms with van der Waals surface area (Å²) in [6, 6.07) is 1.59. The van der Waals surface area contributed by atoms with Crippen molar-refractivity contribution in [3.8, 4) is 6.07 Å². The minimum absolute atomic E-state index is 0.206. The highest BCUT2D eigenvalue weighted by molar-refractivity contribution is 7.86. The van der Waals surface area contributed by atoms with Gasteiger partial charge in [0.2, 0.25) is 0 Å². The Morgan fingerprint density at radius 1 is 1.57 bits per heavy atom. The lowest BCUT2D eigenvalue weighted by Crippen LogP contribution is -2.18. The Bertz CT molecular complexity index is 333. The normalized spacial score (nSPS) is 15.8. The summed E-state index contributed by atoms with van der Waals surface area (Å²) in [4.78, 5) is 0. The molecule has 2 unspecified atom stereocenters.